The fourth-order valence-electron chi connectivity index (χ4n) is 9.59. The van der Waals surface area contributed by atoms with Crippen LogP contribution in [-0.4, -0.2) is 69.4 Å². The number of amides is 1. The lowest BCUT2D eigenvalue weighted by Crippen LogP contribution is -2.47. The maximum absolute atomic E-state index is 13.5. The van der Waals surface area contributed by atoms with Gasteiger partial charge in [-0.2, -0.15) is 0 Å². The number of rotatable bonds is 60. The maximum atomic E-state index is 13.5. The fourth-order valence-corrected chi connectivity index (χ4v) is 10.3. The van der Waals surface area contributed by atoms with Crippen molar-refractivity contribution in [2.45, 2.75) is 322 Å². The molecule has 3 atom stereocenters. The summed E-state index contributed by atoms with van der Waals surface area (Å²) in [5.74, 6) is -0.542. The topological polar surface area (TPSA) is 114 Å². The van der Waals surface area contributed by atoms with Crippen molar-refractivity contribution < 1.29 is 37.3 Å². The predicted octanol–water partition coefficient (Wildman–Crippen LogP) is 20.0. The van der Waals surface area contributed by atoms with Gasteiger partial charge in [0.2, 0.25) is 5.91 Å². The van der Waals surface area contributed by atoms with Crippen LogP contribution in [0, 0.1) is 0 Å². The van der Waals surface area contributed by atoms with E-state index < -0.39 is 26.6 Å². The second-order valence-electron chi connectivity index (χ2n) is 23.6. The average Bonchev–Trinajstić information content (AvgIpc) is 3.40. The first-order valence-electron chi connectivity index (χ1n) is 33.1. The van der Waals surface area contributed by atoms with Gasteiger partial charge >= 0.3 is 5.97 Å². The number of allylic oxidation sites excluding steroid dienone is 9. The van der Waals surface area contributed by atoms with Crippen LogP contribution in [-0.2, 0) is 27.9 Å². The number of unbranched alkanes of at least 4 members (excludes halogenated alkanes) is 36. The minimum absolute atomic E-state index is 0.0240. The van der Waals surface area contributed by atoms with Crippen LogP contribution in [0.2, 0.25) is 0 Å². The molecule has 0 saturated carbocycles. The molecule has 0 aliphatic rings. The van der Waals surface area contributed by atoms with Crippen LogP contribution >= 0.6 is 7.82 Å². The van der Waals surface area contributed by atoms with Crippen LogP contribution in [0.3, 0.4) is 0 Å². The minimum Gasteiger partial charge on any atom is -0.756 e. The molecule has 0 radical (unpaired) electrons. The molecule has 456 valence electrons. The number of likely N-dealkylation sites (N-methyl/N-ethyl adjacent to an activating group) is 1. The Bertz CT molecular complexity index is 1520. The van der Waals surface area contributed by atoms with Crippen LogP contribution in [0.25, 0.3) is 0 Å². The summed E-state index contributed by atoms with van der Waals surface area (Å²) in [6.07, 6.45) is 73.4. The molecule has 0 heterocycles. The van der Waals surface area contributed by atoms with Gasteiger partial charge in [0.15, 0.2) is 0 Å². The van der Waals surface area contributed by atoms with Gasteiger partial charge in [-0.25, -0.2) is 0 Å². The third-order valence-electron chi connectivity index (χ3n) is 14.7. The first-order valence-corrected chi connectivity index (χ1v) is 34.6. The summed E-state index contributed by atoms with van der Waals surface area (Å²) in [7, 11) is 1.18. The van der Waals surface area contributed by atoms with Gasteiger partial charge in [0, 0.05) is 12.8 Å². The highest BCUT2D eigenvalue weighted by molar-refractivity contribution is 7.45. The second-order valence-corrected chi connectivity index (χ2v) is 25.0. The van der Waals surface area contributed by atoms with Crippen LogP contribution < -0.4 is 10.2 Å². The van der Waals surface area contributed by atoms with Gasteiger partial charge in [0.1, 0.15) is 19.3 Å². The minimum atomic E-state index is -4.70. The molecule has 1 amide bonds. The molecule has 0 rings (SSSR count). The Morgan fingerprint density at radius 1 is 0.462 bits per heavy atom. The molecule has 0 spiro atoms. The number of quaternary nitrogens is 1. The van der Waals surface area contributed by atoms with Gasteiger partial charge in [-0.3, -0.25) is 14.2 Å². The summed E-state index contributed by atoms with van der Waals surface area (Å²) in [6, 6.07) is -0.892. The zero-order valence-electron chi connectivity index (χ0n) is 52.1. The van der Waals surface area contributed by atoms with Gasteiger partial charge in [-0.1, -0.05) is 268 Å². The van der Waals surface area contributed by atoms with E-state index in [4.69, 9.17) is 13.8 Å². The molecule has 9 nitrogen and oxygen atoms in total. The number of nitrogens with one attached hydrogen (secondary N) is 1. The maximum Gasteiger partial charge on any atom is 0.306 e. The summed E-state index contributed by atoms with van der Waals surface area (Å²) < 4.78 is 30.4. The molecule has 78 heavy (non-hydrogen) atoms. The van der Waals surface area contributed by atoms with Gasteiger partial charge < -0.3 is 28.5 Å². The van der Waals surface area contributed by atoms with Gasteiger partial charge in [-0.05, 0) is 89.5 Å². The lowest BCUT2D eigenvalue weighted by Gasteiger charge is -2.30. The molecule has 0 aromatic carbocycles. The van der Waals surface area contributed by atoms with Crippen molar-refractivity contribution in [1.82, 2.24) is 5.32 Å². The zero-order chi connectivity index (χ0) is 57.2. The van der Waals surface area contributed by atoms with Crippen LogP contribution in [0.5, 0.6) is 0 Å². The number of carbonyl (C=O) groups excluding carboxylic acids is 2. The Morgan fingerprint density at radius 3 is 1.24 bits per heavy atom. The number of esters is 1. The van der Waals surface area contributed by atoms with Gasteiger partial charge in [0.05, 0.1) is 33.8 Å². The molecular formula is C68H127N2O7P. The highest BCUT2D eigenvalue weighted by atomic mass is 31.2. The lowest BCUT2D eigenvalue weighted by molar-refractivity contribution is -0.870. The highest BCUT2D eigenvalue weighted by Gasteiger charge is 2.27. The number of carbonyl (C=O) groups is 2. The van der Waals surface area contributed by atoms with E-state index in [2.05, 4.69) is 74.7 Å². The van der Waals surface area contributed by atoms with Crippen molar-refractivity contribution in [2.75, 3.05) is 40.9 Å². The Labute approximate surface area is 483 Å². The number of phosphoric ester groups is 1. The molecule has 3 unspecified atom stereocenters. The van der Waals surface area contributed by atoms with E-state index in [9.17, 15) is 19.0 Å². The Kier molecular flexibility index (Phi) is 56.2. The summed E-state index contributed by atoms with van der Waals surface area (Å²) >= 11 is 0. The van der Waals surface area contributed by atoms with Crippen molar-refractivity contribution in [3.8, 4) is 0 Å². The third-order valence-corrected chi connectivity index (χ3v) is 15.6. The smallest absolute Gasteiger partial charge is 0.306 e. The molecular weight excluding hydrogens is 988 g/mol. The number of hydrogen-bond acceptors (Lipinski definition) is 7. The Balaban J connectivity index is 5.09. The fraction of sp³-hybridized carbons (Fsp3) is 0.824. The summed E-state index contributed by atoms with van der Waals surface area (Å²) in [4.78, 5) is 40.0. The van der Waals surface area contributed by atoms with E-state index in [0.29, 0.717) is 17.4 Å². The van der Waals surface area contributed by atoms with E-state index in [1.54, 1.807) is 0 Å². The number of ether oxygens (including phenoxy) is 1. The van der Waals surface area contributed by atoms with Gasteiger partial charge in [-0.15, -0.1) is 0 Å². The highest BCUT2D eigenvalue weighted by Crippen LogP contribution is 2.38. The van der Waals surface area contributed by atoms with E-state index in [-0.39, 0.29) is 24.9 Å². The second kappa shape index (κ2) is 57.9. The molecule has 0 aliphatic heterocycles. The van der Waals surface area contributed by atoms with E-state index in [1.807, 2.05) is 33.3 Å². The van der Waals surface area contributed by atoms with E-state index in [0.717, 1.165) is 89.9 Å². The molecule has 0 aromatic heterocycles. The summed E-state index contributed by atoms with van der Waals surface area (Å²) in [5.41, 5.74) is 0. The molecule has 0 aliphatic carbocycles. The van der Waals surface area contributed by atoms with E-state index >= 15 is 0 Å². The van der Waals surface area contributed by atoms with Crippen molar-refractivity contribution >= 4 is 19.7 Å². The first kappa shape index (κ1) is 75.7. The normalized spacial score (nSPS) is 14.0. The number of nitrogens with zero attached hydrogens (tertiary/aromatic N) is 1. The van der Waals surface area contributed by atoms with E-state index in [1.165, 1.54) is 186 Å². The zero-order valence-corrected chi connectivity index (χ0v) is 53.0. The van der Waals surface area contributed by atoms with Crippen LogP contribution in [0.1, 0.15) is 310 Å². The van der Waals surface area contributed by atoms with Crippen molar-refractivity contribution in [3.05, 3.63) is 60.8 Å². The number of hydrogen-bond donors (Lipinski definition) is 1. The van der Waals surface area contributed by atoms with Gasteiger partial charge in [0.25, 0.3) is 7.82 Å². The Morgan fingerprint density at radius 2 is 0.821 bits per heavy atom. The quantitative estimate of drug-likeness (QED) is 0.0212. The number of phosphoric acid groups is 1. The van der Waals surface area contributed by atoms with Crippen LogP contribution in [0.15, 0.2) is 60.8 Å². The SMILES string of the molecule is CC/C=C/C/C=C/CCCCCCCCCC(=O)NC(COP(=O)([O-])OCC[N+](C)(C)C)C(/C=C\CCCCCCCCCCCCC)OC(=O)CCCCCCCCCCCCCCCCC/C=C\C/C=C\CCCCC. The molecule has 0 saturated heterocycles. The standard InChI is InChI=1S/C68H127N2O7P/c1-7-10-13-16-19-22-25-28-30-31-32-33-34-35-36-37-38-39-40-43-46-49-52-55-58-61-68(72)77-66(59-56-53-50-47-44-41-27-24-21-18-15-12-9-3)65(64-76-78(73,74)75-63-62-70(4,5)6)69-67(71)60-57-54-51-48-45-42-29-26-23-20-17-14-11-8-2/h11,14,19-20,22-23,28,30,56,59,65-66H,7-10,12-13,15-18,21,24-27,29,31-55,57-58,60-64H2,1-6H3,(H-,69,71,73,74)/b14-11+,22-19-,23-20+,30-28-,59-56-. The van der Waals surface area contributed by atoms with Crippen molar-refractivity contribution in [1.29, 1.82) is 0 Å². The summed E-state index contributed by atoms with van der Waals surface area (Å²) in [5, 5.41) is 3.03. The molecule has 0 bridgehead atoms. The third kappa shape index (κ3) is 58.4. The molecule has 10 heteroatoms. The largest absolute Gasteiger partial charge is 0.756 e. The average molecular weight is 1120 g/mol. The van der Waals surface area contributed by atoms with Crippen LogP contribution in [0.4, 0.5) is 0 Å². The predicted molar refractivity (Wildman–Crippen MR) is 335 cm³/mol. The first-order chi connectivity index (χ1) is 37.9. The lowest BCUT2D eigenvalue weighted by atomic mass is 10.0. The van der Waals surface area contributed by atoms with Crippen molar-refractivity contribution in [3.63, 3.8) is 0 Å². The van der Waals surface area contributed by atoms with Crippen molar-refractivity contribution in [2.24, 2.45) is 0 Å². The monoisotopic (exact) mass is 1110 g/mol. The summed E-state index contributed by atoms with van der Waals surface area (Å²) in [6.45, 7) is 6.74. The Hall–Kier alpha value is -2.29. The molecule has 0 aromatic rings. The molecule has 1 N–H and O–H groups in total. The molecule has 0 fully saturated rings.